The number of ketones is 1. The SMILES string of the molecule is O=C(C[N+]1=NC=NC1)c1ccc(F)cc1F. The van der Waals surface area contributed by atoms with E-state index < -0.39 is 17.4 Å². The minimum absolute atomic E-state index is 0.0669. The quantitative estimate of drug-likeness (QED) is 0.568. The summed E-state index contributed by atoms with van der Waals surface area (Å²) in [6.45, 7) is 0.219. The highest BCUT2D eigenvalue weighted by Gasteiger charge is 2.20. The zero-order chi connectivity index (χ0) is 11.5. The summed E-state index contributed by atoms with van der Waals surface area (Å²) in [4.78, 5) is 15.4. The van der Waals surface area contributed by atoms with Gasteiger partial charge in [0, 0.05) is 11.2 Å². The van der Waals surface area contributed by atoms with Gasteiger partial charge in [0.2, 0.25) is 12.3 Å². The molecule has 82 valence electrons. The number of benzene rings is 1. The van der Waals surface area contributed by atoms with Crippen LogP contribution in [-0.2, 0) is 0 Å². The lowest BCUT2D eigenvalue weighted by atomic mass is 10.1. The smallest absolute Gasteiger partial charge is 0.263 e. The van der Waals surface area contributed by atoms with Crippen LogP contribution in [0.25, 0.3) is 0 Å². The van der Waals surface area contributed by atoms with E-state index in [0.717, 1.165) is 12.1 Å². The summed E-state index contributed by atoms with van der Waals surface area (Å²) in [5.74, 6) is -2.01. The number of hydrogen-bond donors (Lipinski definition) is 0. The molecule has 0 fully saturated rings. The average molecular weight is 224 g/mol. The summed E-state index contributed by atoms with van der Waals surface area (Å²) in [5.41, 5.74) is -0.136. The first-order valence-electron chi connectivity index (χ1n) is 4.59. The Hall–Kier alpha value is -1.98. The standard InChI is InChI=1S/C10H8F2N3O/c11-7-1-2-8(9(12)3-7)10(16)4-15-6-13-5-14-15/h1-3,5H,4,6H2/q+1. The minimum atomic E-state index is -0.856. The Labute approximate surface area is 89.9 Å². The summed E-state index contributed by atoms with van der Waals surface area (Å²) < 4.78 is 27.2. The Morgan fingerprint density at radius 3 is 2.88 bits per heavy atom. The lowest BCUT2D eigenvalue weighted by Gasteiger charge is -1.99. The van der Waals surface area contributed by atoms with E-state index in [1.165, 1.54) is 11.0 Å². The molecule has 0 aromatic heterocycles. The number of halogens is 2. The first-order valence-corrected chi connectivity index (χ1v) is 4.59. The lowest BCUT2D eigenvalue weighted by Crippen LogP contribution is -2.19. The predicted molar refractivity (Wildman–Crippen MR) is 51.6 cm³/mol. The van der Waals surface area contributed by atoms with Crippen LogP contribution in [0.15, 0.2) is 28.3 Å². The molecule has 0 spiro atoms. The van der Waals surface area contributed by atoms with Gasteiger partial charge in [-0.3, -0.25) is 4.79 Å². The Morgan fingerprint density at radius 1 is 1.44 bits per heavy atom. The van der Waals surface area contributed by atoms with Crippen molar-refractivity contribution in [1.29, 1.82) is 0 Å². The van der Waals surface area contributed by atoms with Crippen molar-refractivity contribution in [1.82, 2.24) is 0 Å². The number of aliphatic imine (C=N–C) groups is 1. The average Bonchev–Trinajstić information content (AvgIpc) is 2.70. The van der Waals surface area contributed by atoms with Crippen molar-refractivity contribution in [3.63, 3.8) is 0 Å². The molecule has 0 atom stereocenters. The predicted octanol–water partition coefficient (Wildman–Crippen LogP) is 1.61. The third-order valence-electron chi connectivity index (χ3n) is 2.10. The van der Waals surface area contributed by atoms with Crippen molar-refractivity contribution in [2.75, 3.05) is 13.2 Å². The molecule has 0 unspecified atom stereocenters. The van der Waals surface area contributed by atoms with Crippen LogP contribution in [0.1, 0.15) is 10.4 Å². The number of rotatable bonds is 3. The topological polar surface area (TPSA) is 44.8 Å². The van der Waals surface area contributed by atoms with Gasteiger partial charge in [0.15, 0.2) is 6.34 Å². The molecule has 1 aliphatic heterocycles. The van der Waals surface area contributed by atoms with Gasteiger partial charge in [-0.25, -0.2) is 8.78 Å². The molecule has 1 aromatic carbocycles. The van der Waals surface area contributed by atoms with Crippen molar-refractivity contribution in [2.45, 2.75) is 0 Å². The van der Waals surface area contributed by atoms with Gasteiger partial charge in [-0.15, -0.1) is 0 Å². The maximum Gasteiger partial charge on any atom is 0.263 e. The van der Waals surface area contributed by atoms with E-state index in [0.29, 0.717) is 6.07 Å². The molecule has 0 N–H and O–H groups in total. The van der Waals surface area contributed by atoms with E-state index in [9.17, 15) is 13.6 Å². The fourth-order valence-corrected chi connectivity index (χ4v) is 1.33. The lowest BCUT2D eigenvalue weighted by molar-refractivity contribution is -0.567. The largest absolute Gasteiger partial charge is 0.287 e. The molecule has 0 bridgehead atoms. The van der Waals surface area contributed by atoms with Crippen LogP contribution in [0.4, 0.5) is 8.78 Å². The zero-order valence-electron chi connectivity index (χ0n) is 8.23. The van der Waals surface area contributed by atoms with Gasteiger partial charge in [0.1, 0.15) is 11.6 Å². The Kier molecular flexibility index (Phi) is 2.80. The van der Waals surface area contributed by atoms with Gasteiger partial charge < -0.3 is 0 Å². The molecule has 1 heterocycles. The third kappa shape index (κ3) is 2.16. The molecule has 6 heteroatoms. The second kappa shape index (κ2) is 4.26. The van der Waals surface area contributed by atoms with E-state index in [4.69, 9.17) is 0 Å². The van der Waals surface area contributed by atoms with Gasteiger partial charge in [0.05, 0.1) is 5.56 Å². The van der Waals surface area contributed by atoms with Crippen molar-refractivity contribution < 1.29 is 18.3 Å². The number of azo groups is 2. The number of carbonyl (C=O) groups excluding carboxylic acids is 1. The second-order valence-corrected chi connectivity index (χ2v) is 3.27. The maximum absolute atomic E-state index is 13.2. The van der Waals surface area contributed by atoms with Gasteiger partial charge in [-0.1, -0.05) is 4.70 Å². The normalized spacial score (nSPS) is 14.0. The van der Waals surface area contributed by atoms with Crippen LogP contribution >= 0.6 is 0 Å². The van der Waals surface area contributed by atoms with Crippen LogP contribution in [0.5, 0.6) is 0 Å². The van der Waals surface area contributed by atoms with Crippen LogP contribution in [0.2, 0.25) is 0 Å². The molecule has 0 saturated carbocycles. The van der Waals surface area contributed by atoms with Gasteiger partial charge in [-0.05, 0) is 12.1 Å². The van der Waals surface area contributed by atoms with Crippen LogP contribution < -0.4 is 0 Å². The number of carbonyl (C=O) groups is 1. The fourth-order valence-electron chi connectivity index (χ4n) is 1.33. The highest BCUT2D eigenvalue weighted by Crippen LogP contribution is 2.10. The van der Waals surface area contributed by atoms with Crippen molar-refractivity contribution in [3.8, 4) is 0 Å². The monoisotopic (exact) mass is 224 g/mol. The van der Waals surface area contributed by atoms with E-state index in [-0.39, 0.29) is 18.8 Å². The van der Waals surface area contributed by atoms with Crippen LogP contribution in [0.3, 0.4) is 0 Å². The van der Waals surface area contributed by atoms with Gasteiger partial charge >= 0.3 is 0 Å². The third-order valence-corrected chi connectivity index (χ3v) is 2.10. The molecule has 0 radical (unpaired) electrons. The van der Waals surface area contributed by atoms with E-state index in [1.807, 2.05) is 0 Å². The molecule has 1 aromatic rings. The molecule has 4 nitrogen and oxygen atoms in total. The first-order chi connectivity index (χ1) is 7.66. The Balaban J connectivity index is 2.14. The van der Waals surface area contributed by atoms with E-state index in [2.05, 4.69) is 10.1 Å². The molecule has 0 aliphatic carbocycles. The maximum atomic E-state index is 13.2. The minimum Gasteiger partial charge on any atom is -0.287 e. The molecule has 1 aliphatic rings. The van der Waals surface area contributed by atoms with Crippen molar-refractivity contribution in [2.24, 2.45) is 10.1 Å². The first kappa shape index (κ1) is 10.5. The number of Topliss-reactive ketones (excluding diaryl/α,β-unsaturated/α-hetero) is 1. The summed E-state index contributed by atoms with van der Waals surface area (Å²) in [6.07, 6.45) is 1.33. The molecule has 2 rings (SSSR count). The number of nitrogens with zero attached hydrogens (tertiary/aromatic N) is 3. The van der Waals surface area contributed by atoms with Crippen molar-refractivity contribution >= 4 is 12.1 Å². The Morgan fingerprint density at radius 2 is 2.25 bits per heavy atom. The Bertz CT molecular complexity index is 497. The molecule has 0 amide bonds. The second-order valence-electron chi connectivity index (χ2n) is 3.27. The van der Waals surface area contributed by atoms with E-state index in [1.54, 1.807) is 0 Å². The molecule has 0 saturated heterocycles. The molecular weight excluding hydrogens is 216 g/mol. The van der Waals surface area contributed by atoms with Crippen LogP contribution in [-0.4, -0.2) is 30.0 Å². The summed E-state index contributed by atoms with van der Waals surface area (Å²) in [7, 11) is 0. The highest BCUT2D eigenvalue weighted by molar-refractivity contribution is 5.97. The summed E-state index contributed by atoms with van der Waals surface area (Å²) in [5, 5.41) is 3.77. The van der Waals surface area contributed by atoms with Crippen molar-refractivity contribution in [3.05, 3.63) is 35.4 Å². The van der Waals surface area contributed by atoms with Gasteiger partial charge in [-0.2, -0.15) is 4.99 Å². The summed E-state index contributed by atoms with van der Waals surface area (Å²) >= 11 is 0. The molecular formula is C10H8F2N3O+. The van der Waals surface area contributed by atoms with E-state index >= 15 is 0 Å². The number of hydrogen-bond acceptors (Lipinski definition) is 3. The summed E-state index contributed by atoms with van der Waals surface area (Å²) in [6, 6.07) is 2.86. The van der Waals surface area contributed by atoms with Crippen LogP contribution in [0, 0.1) is 11.6 Å². The highest BCUT2D eigenvalue weighted by atomic mass is 19.1. The fraction of sp³-hybridized carbons (Fsp3) is 0.200. The van der Waals surface area contributed by atoms with Gasteiger partial charge in [0.25, 0.3) is 6.67 Å². The zero-order valence-corrected chi connectivity index (χ0v) is 8.23. The molecule has 16 heavy (non-hydrogen) atoms.